The lowest BCUT2D eigenvalue weighted by molar-refractivity contribution is 0.457. The number of hydrogen-bond donors (Lipinski definition) is 0. The van der Waals surface area contributed by atoms with Crippen LogP contribution in [0.1, 0.15) is 5.69 Å². The second kappa shape index (κ2) is 2.47. The van der Waals surface area contributed by atoms with Crippen LogP contribution in [-0.2, 0) is 13.7 Å². The average molecular weight is 193 g/mol. The van der Waals surface area contributed by atoms with E-state index in [1.54, 1.807) is 13.2 Å². The highest BCUT2D eigenvalue weighted by molar-refractivity contribution is 9.10. The van der Waals surface area contributed by atoms with Crippen molar-refractivity contribution in [3.05, 3.63) is 16.4 Å². The van der Waals surface area contributed by atoms with Gasteiger partial charge in [0.2, 0.25) is 0 Å². The Labute approximate surface area is 60.8 Å². The molecule has 0 N–H and O–H groups in total. The quantitative estimate of drug-likeness (QED) is 0.662. The number of aromatic nitrogens is 2. The molecule has 0 aliphatic carbocycles. The van der Waals surface area contributed by atoms with Crippen LogP contribution in [0.5, 0.6) is 0 Å². The van der Waals surface area contributed by atoms with Crippen LogP contribution in [0.4, 0.5) is 4.39 Å². The summed E-state index contributed by atoms with van der Waals surface area (Å²) in [6, 6.07) is 0. The first-order valence-corrected chi connectivity index (χ1v) is 3.27. The molecule has 0 aromatic carbocycles. The Kier molecular flexibility index (Phi) is 1.85. The Balaban J connectivity index is 3.07. The van der Waals surface area contributed by atoms with Gasteiger partial charge in [-0.25, -0.2) is 4.39 Å². The fraction of sp³-hybridized carbons (Fsp3) is 0.400. The molecular formula is C5H6BrFN2. The molecule has 50 valence electrons. The van der Waals surface area contributed by atoms with Gasteiger partial charge in [0.1, 0.15) is 6.67 Å². The minimum absolute atomic E-state index is 0.475. The highest BCUT2D eigenvalue weighted by atomic mass is 79.9. The van der Waals surface area contributed by atoms with Crippen molar-refractivity contribution < 1.29 is 4.39 Å². The fourth-order valence-electron chi connectivity index (χ4n) is 0.586. The van der Waals surface area contributed by atoms with E-state index in [0.717, 1.165) is 4.47 Å². The largest absolute Gasteiger partial charge is 0.269 e. The summed E-state index contributed by atoms with van der Waals surface area (Å²) in [6.45, 7) is -0.475. The zero-order valence-electron chi connectivity index (χ0n) is 4.93. The molecule has 1 rings (SSSR count). The van der Waals surface area contributed by atoms with Gasteiger partial charge in [-0.1, -0.05) is 0 Å². The van der Waals surface area contributed by atoms with Gasteiger partial charge in [0.05, 0.1) is 16.4 Å². The van der Waals surface area contributed by atoms with Crippen LogP contribution in [0.2, 0.25) is 0 Å². The van der Waals surface area contributed by atoms with E-state index < -0.39 is 6.67 Å². The number of alkyl halides is 1. The van der Waals surface area contributed by atoms with E-state index in [9.17, 15) is 4.39 Å². The van der Waals surface area contributed by atoms with Gasteiger partial charge < -0.3 is 0 Å². The molecule has 0 fully saturated rings. The highest BCUT2D eigenvalue weighted by Gasteiger charge is 2.02. The van der Waals surface area contributed by atoms with Crippen LogP contribution in [-0.4, -0.2) is 9.78 Å². The second-order valence-corrected chi connectivity index (χ2v) is 2.55. The van der Waals surface area contributed by atoms with Crippen molar-refractivity contribution in [1.82, 2.24) is 9.78 Å². The Bertz CT molecular complexity index is 189. The summed E-state index contributed by atoms with van der Waals surface area (Å²) >= 11 is 3.15. The molecule has 2 nitrogen and oxygen atoms in total. The van der Waals surface area contributed by atoms with Crippen LogP contribution in [0.25, 0.3) is 0 Å². The van der Waals surface area contributed by atoms with E-state index in [0.29, 0.717) is 5.69 Å². The summed E-state index contributed by atoms with van der Waals surface area (Å²) in [4.78, 5) is 0. The summed E-state index contributed by atoms with van der Waals surface area (Å²) in [5.41, 5.74) is 0.579. The van der Waals surface area contributed by atoms with Crippen molar-refractivity contribution >= 4 is 15.9 Å². The Morgan fingerprint density at radius 1 is 1.89 bits per heavy atom. The lowest BCUT2D eigenvalue weighted by Gasteiger charge is -1.93. The average Bonchev–Trinajstić information content (AvgIpc) is 2.12. The molecule has 1 aromatic heterocycles. The molecule has 4 heteroatoms. The third-order valence-electron chi connectivity index (χ3n) is 1.14. The number of halogens is 2. The van der Waals surface area contributed by atoms with Crippen molar-refractivity contribution in [3.8, 4) is 0 Å². The van der Waals surface area contributed by atoms with Gasteiger partial charge in [-0.05, 0) is 15.9 Å². The predicted molar refractivity (Wildman–Crippen MR) is 35.7 cm³/mol. The van der Waals surface area contributed by atoms with E-state index in [1.807, 2.05) is 0 Å². The van der Waals surface area contributed by atoms with Gasteiger partial charge in [-0.3, -0.25) is 4.68 Å². The monoisotopic (exact) mass is 192 g/mol. The van der Waals surface area contributed by atoms with Crippen LogP contribution in [0.3, 0.4) is 0 Å². The lowest BCUT2D eigenvalue weighted by atomic mass is 10.5. The summed E-state index contributed by atoms with van der Waals surface area (Å²) in [7, 11) is 1.71. The SMILES string of the molecule is Cn1ncc(Br)c1CF. The summed E-state index contributed by atoms with van der Waals surface area (Å²) in [6.07, 6.45) is 1.58. The molecule has 9 heavy (non-hydrogen) atoms. The molecule has 1 aromatic rings. The maximum atomic E-state index is 12.0. The first-order chi connectivity index (χ1) is 4.25. The maximum Gasteiger partial charge on any atom is 0.132 e. The molecule has 0 amide bonds. The third-order valence-corrected chi connectivity index (χ3v) is 1.80. The zero-order valence-corrected chi connectivity index (χ0v) is 6.52. The van der Waals surface area contributed by atoms with Crippen molar-refractivity contribution in [2.45, 2.75) is 6.67 Å². The number of nitrogens with zero attached hydrogens (tertiary/aromatic N) is 2. The number of aryl methyl sites for hydroxylation is 1. The number of rotatable bonds is 1. The number of hydrogen-bond acceptors (Lipinski definition) is 1. The van der Waals surface area contributed by atoms with Crippen LogP contribution < -0.4 is 0 Å². The normalized spacial score (nSPS) is 10.1. The second-order valence-electron chi connectivity index (χ2n) is 1.70. The van der Waals surface area contributed by atoms with E-state index >= 15 is 0 Å². The summed E-state index contributed by atoms with van der Waals surface area (Å²) in [5, 5.41) is 3.82. The Morgan fingerprint density at radius 3 is 2.78 bits per heavy atom. The van der Waals surface area contributed by atoms with Crippen LogP contribution >= 0.6 is 15.9 Å². The molecule has 1 heterocycles. The first kappa shape index (κ1) is 6.74. The molecule has 0 saturated heterocycles. The summed E-state index contributed by atoms with van der Waals surface area (Å²) < 4.78 is 14.2. The molecule has 0 aliphatic rings. The van der Waals surface area contributed by atoms with E-state index in [1.165, 1.54) is 4.68 Å². The molecule has 0 unspecified atom stereocenters. The minimum Gasteiger partial charge on any atom is -0.269 e. The molecule has 0 atom stereocenters. The smallest absolute Gasteiger partial charge is 0.132 e. The molecule has 0 saturated carbocycles. The van der Waals surface area contributed by atoms with Gasteiger partial charge in [-0.2, -0.15) is 5.10 Å². The first-order valence-electron chi connectivity index (χ1n) is 2.48. The standard InChI is InChI=1S/C5H6BrFN2/c1-9-5(2-7)4(6)3-8-9/h3H,2H2,1H3. The van der Waals surface area contributed by atoms with Gasteiger partial charge >= 0.3 is 0 Å². The van der Waals surface area contributed by atoms with E-state index in [4.69, 9.17) is 0 Å². The maximum absolute atomic E-state index is 12.0. The summed E-state index contributed by atoms with van der Waals surface area (Å²) in [5.74, 6) is 0. The molecule has 0 spiro atoms. The van der Waals surface area contributed by atoms with Gasteiger partial charge in [-0.15, -0.1) is 0 Å². The van der Waals surface area contributed by atoms with Crippen molar-refractivity contribution in [3.63, 3.8) is 0 Å². The molecule has 0 aliphatic heterocycles. The third kappa shape index (κ3) is 1.13. The molecule has 0 radical (unpaired) electrons. The van der Waals surface area contributed by atoms with E-state index in [2.05, 4.69) is 21.0 Å². The predicted octanol–water partition coefficient (Wildman–Crippen LogP) is 1.65. The van der Waals surface area contributed by atoms with Crippen molar-refractivity contribution in [2.75, 3.05) is 0 Å². The minimum atomic E-state index is -0.475. The lowest BCUT2D eigenvalue weighted by Crippen LogP contribution is -1.95. The topological polar surface area (TPSA) is 17.8 Å². The van der Waals surface area contributed by atoms with Crippen LogP contribution in [0.15, 0.2) is 10.7 Å². The zero-order chi connectivity index (χ0) is 6.85. The van der Waals surface area contributed by atoms with Gasteiger partial charge in [0.25, 0.3) is 0 Å². The molecule has 0 bridgehead atoms. The molecular weight excluding hydrogens is 187 g/mol. The highest BCUT2D eigenvalue weighted by Crippen LogP contribution is 2.15. The van der Waals surface area contributed by atoms with Crippen molar-refractivity contribution in [2.24, 2.45) is 7.05 Å². The van der Waals surface area contributed by atoms with Gasteiger partial charge in [0, 0.05) is 7.05 Å². The fourth-order valence-corrected chi connectivity index (χ4v) is 1.04. The van der Waals surface area contributed by atoms with E-state index in [-0.39, 0.29) is 0 Å². The Morgan fingerprint density at radius 2 is 2.56 bits per heavy atom. The van der Waals surface area contributed by atoms with Gasteiger partial charge in [0.15, 0.2) is 0 Å². The van der Waals surface area contributed by atoms with Crippen LogP contribution in [0, 0.1) is 0 Å². The van der Waals surface area contributed by atoms with Crippen molar-refractivity contribution in [1.29, 1.82) is 0 Å². The Hall–Kier alpha value is -0.380.